The monoisotopic (exact) mass is 422 g/mol. The fourth-order valence-corrected chi connectivity index (χ4v) is 5.15. The Labute approximate surface area is 165 Å². The van der Waals surface area contributed by atoms with E-state index >= 15 is 0 Å². The molecule has 0 fully saturated rings. The zero-order valence-corrected chi connectivity index (χ0v) is 17.3. The van der Waals surface area contributed by atoms with Gasteiger partial charge in [0.05, 0.1) is 15.5 Å². The molecule has 0 radical (unpaired) electrons. The Morgan fingerprint density at radius 2 is 1.68 bits per heavy atom. The number of amides is 1. The highest BCUT2D eigenvalue weighted by Gasteiger charge is 2.27. The van der Waals surface area contributed by atoms with E-state index in [1.165, 1.54) is 18.0 Å². The average Bonchev–Trinajstić information content (AvgIpc) is 3.10. The van der Waals surface area contributed by atoms with Crippen molar-refractivity contribution in [2.75, 3.05) is 24.2 Å². The first-order valence-corrected chi connectivity index (χ1v) is 11.9. The summed E-state index contributed by atoms with van der Waals surface area (Å²) >= 11 is 0. The standard InChI is InChI=1S/C19H22N2O5S2/c1-14-3-5-16(6-4-14)27(23,24)12-10-19(22)21-11-9-15-13-17(7-8-18(15)21)28(25,26)20-2/h3-8,13,20H,9-12H2,1-2H3. The molecule has 150 valence electrons. The second-order valence-electron chi connectivity index (χ2n) is 6.68. The molecule has 1 N–H and O–H groups in total. The van der Waals surface area contributed by atoms with E-state index in [9.17, 15) is 21.6 Å². The molecule has 1 aliphatic heterocycles. The van der Waals surface area contributed by atoms with Crippen LogP contribution < -0.4 is 9.62 Å². The van der Waals surface area contributed by atoms with Gasteiger partial charge in [-0.05, 0) is 56.3 Å². The molecule has 1 heterocycles. The third-order valence-electron chi connectivity index (χ3n) is 4.79. The minimum atomic E-state index is -3.55. The van der Waals surface area contributed by atoms with Gasteiger partial charge in [0.15, 0.2) is 9.84 Å². The maximum absolute atomic E-state index is 12.6. The predicted octanol–water partition coefficient (Wildman–Crippen LogP) is 1.66. The van der Waals surface area contributed by atoms with Gasteiger partial charge in [-0.15, -0.1) is 0 Å². The van der Waals surface area contributed by atoms with Crippen molar-refractivity contribution in [2.24, 2.45) is 0 Å². The summed E-state index contributed by atoms with van der Waals surface area (Å²) < 4.78 is 51.0. The lowest BCUT2D eigenvalue weighted by molar-refractivity contribution is -0.118. The van der Waals surface area contributed by atoms with Crippen LogP contribution in [0.2, 0.25) is 0 Å². The third-order valence-corrected chi connectivity index (χ3v) is 7.94. The largest absolute Gasteiger partial charge is 0.312 e. The number of hydrogen-bond acceptors (Lipinski definition) is 5. The van der Waals surface area contributed by atoms with E-state index in [1.807, 2.05) is 6.92 Å². The molecule has 0 saturated carbocycles. The van der Waals surface area contributed by atoms with Crippen LogP contribution in [-0.2, 0) is 31.1 Å². The molecule has 9 heteroatoms. The normalized spacial score (nSPS) is 14.1. The Morgan fingerprint density at radius 1 is 1.04 bits per heavy atom. The Hall–Kier alpha value is -2.23. The molecule has 0 spiro atoms. The van der Waals surface area contributed by atoms with Crippen LogP contribution in [0, 0.1) is 6.92 Å². The summed E-state index contributed by atoms with van der Waals surface area (Å²) in [7, 11) is -5.76. The molecule has 0 bridgehead atoms. The topological polar surface area (TPSA) is 101 Å². The summed E-state index contributed by atoms with van der Waals surface area (Å²) in [6, 6.07) is 11.1. The van der Waals surface area contributed by atoms with Crippen LogP contribution in [0.3, 0.4) is 0 Å². The van der Waals surface area contributed by atoms with Gasteiger partial charge in [-0.2, -0.15) is 0 Å². The van der Waals surface area contributed by atoms with E-state index < -0.39 is 19.9 Å². The molecule has 0 unspecified atom stereocenters. The number of benzene rings is 2. The number of carbonyl (C=O) groups is 1. The molecule has 7 nitrogen and oxygen atoms in total. The second kappa shape index (κ2) is 7.65. The minimum absolute atomic E-state index is 0.133. The van der Waals surface area contributed by atoms with Crippen molar-refractivity contribution in [2.45, 2.75) is 29.6 Å². The lowest BCUT2D eigenvalue weighted by atomic mass is 10.2. The summed E-state index contributed by atoms with van der Waals surface area (Å²) in [6.45, 7) is 2.28. The molecule has 0 saturated heterocycles. The first-order chi connectivity index (χ1) is 13.1. The Bertz CT molecular complexity index is 1110. The average molecular weight is 423 g/mol. The van der Waals surface area contributed by atoms with Crippen LogP contribution in [0.5, 0.6) is 0 Å². The Kier molecular flexibility index (Phi) is 5.60. The number of sulfonamides is 1. The number of carbonyl (C=O) groups excluding carboxylic acids is 1. The molecule has 0 aliphatic carbocycles. The van der Waals surface area contributed by atoms with Gasteiger partial charge in [-0.3, -0.25) is 4.79 Å². The maximum atomic E-state index is 12.6. The van der Waals surface area contributed by atoms with Crippen LogP contribution in [0.15, 0.2) is 52.3 Å². The van der Waals surface area contributed by atoms with Gasteiger partial charge in [-0.25, -0.2) is 21.6 Å². The Morgan fingerprint density at radius 3 is 2.32 bits per heavy atom. The number of fused-ring (bicyclic) bond motifs is 1. The number of nitrogens with zero attached hydrogens (tertiary/aromatic N) is 1. The molecule has 3 rings (SSSR count). The fraction of sp³-hybridized carbons (Fsp3) is 0.316. The van der Waals surface area contributed by atoms with Crippen molar-refractivity contribution < 1.29 is 21.6 Å². The quantitative estimate of drug-likeness (QED) is 0.763. The lowest BCUT2D eigenvalue weighted by Gasteiger charge is -2.17. The van der Waals surface area contributed by atoms with Crippen LogP contribution >= 0.6 is 0 Å². The first kappa shape index (κ1) is 20.5. The summed E-state index contributed by atoms with van der Waals surface area (Å²) in [5, 5.41) is 0. The SMILES string of the molecule is CNS(=O)(=O)c1ccc2c(c1)CCN2C(=O)CCS(=O)(=O)c1ccc(C)cc1. The van der Waals surface area contributed by atoms with E-state index in [0.717, 1.165) is 11.1 Å². The number of anilines is 1. The van der Waals surface area contributed by atoms with E-state index in [-0.39, 0.29) is 27.9 Å². The van der Waals surface area contributed by atoms with E-state index in [4.69, 9.17) is 0 Å². The number of aryl methyl sites for hydroxylation is 1. The van der Waals surface area contributed by atoms with Crippen molar-refractivity contribution in [3.05, 3.63) is 53.6 Å². The minimum Gasteiger partial charge on any atom is -0.312 e. The molecular weight excluding hydrogens is 400 g/mol. The van der Waals surface area contributed by atoms with Crippen molar-refractivity contribution in [1.82, 2.24) is 4.72 Å². The summed E-state index contributed by atoms with van der Waals surface area (Å²) in [5.41, 5.74) is 2.35. The zero-order chi connectivity index (χ0) is 20.5. The van der Waals surface area contributed by atoms with Gasteiger partial charge < -0.3 is 4.90 Å². The first-order valence-electron chi connectivity index (χ1n) is 8.80. The van der Waals surface area contributed by atoms with E-state index in [1.54, 1.807) is 36.4 Å². The molecule has 1 aliphatic rings. The summed E-state index contributed by atoms with van der Waals surface area (Å²) in [4.78, 5) is 14.5. The maximum Gasteiger partial charge on any atom is 0.240 e. The van der Waals surface area contributed by atoms with Crippen LogP contribution in [0.4, 0.5) is 5.69 Å². The number of sulfone groups is 1. The van der Waals surface area contributed by atoms with Crippen LogP contribution in [0.25, 0.3) is 0 Å². The fourth-order valence-electron chi connectivity index (χ4n) is 3.14. The van der Waals surface area contributed by atoms with Gasteiger partial charge in [0.25, 0.3) is 0 Å². The molecule has 28 heavy (non-hydrogen) atoms. The van der Waals surface area contributed by atoms with Crippen molar-refractivity contribution in [3.8, 4) is 0 Å². The van der Waals surface area contributed by atoms with Crippen molar-refractivity contribution >= 4 is 31.5 Å². The molecule has 1 amide bonds. The predicted molar refractivity (Wildman–Crippen MR) is 107 cm³/mol. The van der Waals surface area contributed by atoms with Crippen molar-refractivity contribution in [1.29, 1.82) is 0 Å². The summed E-state index contributed by atoms with van der Waals surface area (Å²) in [5.74, 6) is -0.564. The third kappa shape index (κ3) is 4.11. The molecular formula is C19H22N2O5S2. The highest BCUT2D eigenvalue weighted by atomic mass is 32.2. The smallest absolute Gasteiger partial charge is 0.240 e. The molecule has 0 atom stereocenters. The lowest BCUT2D eigenvalue weighted by Crippen LogP contribution is -2.30. The molecule has 0 aromatic heterocycles. The number of hydrogen-bond donors (Lipinski definition) is 1. The number of nitrogens with one attached hydrogen (secondary N) is 1. The van der Waals surface area contributed by atoms with E-state index in [2.05, 4.69) is 4.72 Å². The zero-order valence-electron chi connectivity index (χ0n) is 15.7. The van der Waals surface area contributed by atoms with Gasteiger partial charge in [0.2, 0.25) is 15.9 Å². The highest BCUT2D eigenvalue weighted by molar-refractivity contribution is 7.91. The van der Waals surface area contributed by atoms with Gasteiger partial charge in [0, 0.05) is 18.7 Å². The van der Waals surface area contributed by atoms with Crippen LogP contribution in [0.1, 0.15) is 17.5 Å². The molecule has 2 aromatic rings. The Balaban J connectivity index is 1.73. The van der Waals surface area contributed by atoms with Gasteiger partial charge in [0.1, 0.15) is 0 Å². The van der Waals surface area contributed by atoms with Gasteiger partial charge >= 0.3 is 0 Å². The van der Waals surface area contributed by atoms with Gasteiger partial charge in [-0.1, -0.05) is 17.7 Å². The van der Waals surface area contributed by atoms with E-state index in [0.29, 0.717) is 18.7 Å². The highest BCUT2D eigenvalue weighted by Crippen LogP contribution is 2.30. The molecule has 2 aromatic carbocycles. The second-order valence-corrected chi connectivity index (χ2v) is 10.7. The number of rotatable bonds is 6. The van der Waals surface area contributed by atoms with Crippen LogP contribution in [-0.4, -0.2) is 42.1 Å². The van der Waals surface area contributed by atoms with Crippen molar-refractivity contribution in [3.63, 3.8) is 0 Å². The summed E-state index contributed by atoms with van der Waals surface area (Å²) in [6.07, 6.45) is 0.394.